The normalized spacial score (nSPS) is 13.9. The van der Waals surface area contributed by atoms with Gasteiger partial charge in [0.2, 0.25) is 0 Å². The zero-order valence-corrected chi connectivity index (χ0v) is 17.3. The van der Waals surface area contributed by atoms with Crippen LogP contribution in [0.5, 0.6) is 11.5 Å². The molecule has 2 aromatic carbocycles. The molecule has 0 bridgehead atoms. The fourth-order valence-electron chi connectivity index (χ4n) is 2.96. The van der Waals surface area contributed by atoms with Gasteiger partial charge in [-0.25, -0.2) is 5.43 Å². The minimum Gasteiger partial charge on any atom is -0.504 e. The van der Waals surface area contributed by atoms with Gasteiger partial charge >= 0.3 is 0 Å². The van der Waals surface area contributed by atoms with Crippen molar-refractivity contribution in [3.63, 3.8) is 0 Å². The Morgan fingerprint density at radius 3 is 2.67 bits per heavy atom. The van der Waals surface area contributed by atoms with Crippen LogP contribution in [0.25, 0.3) is 0 Å². The summed E-state index contributed by atoms with van der Waals surface area (Å²) in [6, 6.07) is 11.0. The van der Waals surface area contributed by atoms with Gasteiger partial charge in [-0.2, -0.15) is 5.10 Å². The van der Waals surface area contributed by atoms with E-state index in [1.54, 1.807) is 12.1 Å². The molecule has 2 aromatic rings. The molecule has 1 heterocycles. The number of phenolic OH excluding ortho intramolecular Hbond substituents is 1. The van der Waals surface area contributed by atoms with E-state index in [0.29, 0.717) is 21.5 Å². The molecule has 27 heavy (non-hydrogen) atoms. The summed E-state index contributed by atoms with van der Waals surface area (Å²) >= 11 is 2.03. The van der Waals surface area contributed by atoms with E-state index in [0.717, 1.165) is 24.3 Å². The van der Waals surface area contributed by atoms with Crippen molar-refractivity contribution in [1.29, 1.82) is 0 Å². The van der Waals surface area contributed by atoms with Crippen LogP contribution < -0.4 is 15.1 Å². The van der Waals surface area contributed by atoms with Crippen LogP contribution in [0.2, 0.25) is 0 Å². The second kappa shape index (κ2) is 9.07. The molecule has 0 radical (unpaired) electrons. The number of ether oxygens (including phenoxy) is 1. The first-order valence-corrected chi connectivity index (χ1v) is 10.00. The highest BCUT2D eigenvalue weighted by Crippen LogP contribution is 2.32. The Morgan fingerprint density at radius 1 is 1.30 bits per heavy atom. The first-order chi connectivity index (χ1) is 13.1. The van der Waals surface area contributed by atoms with Crippen LogP contribution in [0.15, 0.2) is 41.5 Å². The zero-order chi connectivity index (χ0) is 19.2. The van der Waals surface area contributed by atoms with E-state index < -0.39 is 0 Å². The monoisotopic (exact) mass is 479 g/mol. The van der Waals surface area contributed by atoms with Crippen LogP contribution >= 0.6 is 22.6 Å². The maximum absolute atomic E-state index is 12.3. The molecule has 0 aromatic heterocycles. The number of aromatic hydroxyl groups is 1. The van der Waals surface area contributed by atoms with Gasteiger partial charge in [-0.3, -0.25) is 4.79 Å². The number of halogens is 1. The highest BCUT2D eigenvalue weighted by Gasteiger charge is 2.13. The molecule has 0 spiro atoms. The molecule has 0 atom stereocenters. The van der Waals surface area contributed by atoms with E-state index in [9.17, 15) is 9.90 Å². The number of hydrogen-bond donors (Lipinski definition) is 2. The van der Waals surface area contributed by atoms with Gasteiger partial charge < -0.3 is 14.7 Å². The molecule has 0 saturated carbocycles. The second-order valence-electron chi connectivity index (χ2n) is 6.22. The van der Waals surface area contributed by atoms with Crippen molar-refractivity contribution < 1.29 is 14.6 Å². The van der Waals surface area contributed by atoms with Gasteiger partial charge in [-0.15, -0.1) is 0 Å². The van der Waals surface area contributed by atoms with Crippen LogP contribution in [0.1, 0.15) is 35.7 Å². The second-order valence-corrected chi connectivity index (χ2v) is 7.38. The van der Waals surface area contributed by atoms with Crippen LogP contribution in [0.3, 0.4) is 0 Å². The Bertz CT molecular complexity index is 831. The van der Waals surface area contributed by atoms with Crippen LogP contribution in [0, 0.1) is 3.57 Å². The molecular weight excluding hydrogens is 457 g/mol. The largest absolute Gasteiger partial charge is 0.504 e. The lowest BCUT2D eigenvalue weighted by molar-refractivity contribution is 0.0955. The number of phenols is 1. The van der Waals surface area contributed by atoms with Crippen molar-refractivity contribution in [2.45, 2.75) is 19.8 Å². The van der Waals surface area contributed by atoms with Crippen LogP contribution in [0.4, 0.5) is 5.69 Å². The molecule has 2 N–H and O–H groups in total. The summed E-state index contributed by atoms with van der Waals surface area (Å²) in [5.74, 6) is 0.240. The number of carbonyl (C=O) groups excluding carboxylic acids is 1. The Kier molecular flexibility index (Phi) is 6.54. The van der Waals surface area contributed by atoms with Crippen molar-refractivity contribution in [2.24, 2.45) is 5.10 Å². The molecule has 1 saturated heterocycles. The number of anilines is 1. The standard InChI is InChI=1S/C20H22IN3O3/c1-2-27-18-12-14(11-17(21)19(18)25)13-22-23-20(26)15-5-7-16(8-6-15)24-9-3-4-10-24/h5-8,11-13,25H,2-4,9-10H2,1H3,(H,23,26)/b22-13-. The smallest absolute Gasteiger partial charge is 0.271 e. The summed E-state index contributed by atoms with van der Waals surface area (Å²) in [4.78, 5) is 14.6. The van der Waals surface area contributed by atoms with Crippen LogP contribution in [-0.2, 0) is 0 Å². The molecule has 1 amide bonds. The lowest BCUT2D eigenvalue weighted by Gasteiger charge is -2.17. The molecule has 3 rings (SSSR count). The molecule has 7 heteroatoms. The number of hydrogen-bond acceptors (Lipinski definition) is 5. The highest BCUT2D eigenvalue weighted by atomic mass is 127. The number of nitrogens with one attached hydrogen (secondary N) is 1. The Balaban J connectivity index is 1.63. The average Bonchev–Trinajstić information content (AvgIpc) is 3.20. The van der Waals surface area contributed by atoms with E-state index in [2.05, 4.69) is 15.4 Å². The molecule has 1 aliphatic rings. The van der Waals surface area contributed by atoms with Crippen molar-refractivity contribution in [1.82, 2.24) is 5.43 Å². The summed E-state index contributed by atoms with van der Waals surface area (Å²) in [7, 11) is 0. The van der Waals surface area contributed by atoms with Gasteiger partial charge in [-0.1, -0.05) is 0 Å². The topological polar surface area (TPSA) is 74.2 Å². The fourth-order valence-corrected chi connectivity index (χ4v) is 3.59. The third kappa shape index (κ3) is 4.91. The maximum atomic E-state index is 12.3. The van der Waals surface area contributed by atoms with Crippen molar-refractivity contribution in [2.75, 3.05) is 24.6 Å². The zero-order valence-electron chi connectivity index (χ0n) is 15.1. The van der Waals surface area contributed by atoms with E-state index >= 15 is 0 Å². The molecule has 6 nitrogen and oxygen atoms in total. The van der Waals surface area contributed by atoms with E-state index in [4.69, 9.17) is 4.74 Å². The first kappa shape index (κ1) is 19.5. The first-order valence-electron chi connectivity index (χ1n) is 8.92. The lowest BCUT2D eigenvalue weighted by atomic mass is 10.2. The van der Waals surface area contributed by atoms with Crippen molar-refractivity contribution in [3.8, 4) is 11.5 Å². The van der Waals surface area contributed by atoms with Crippen molar-refractivity contribution >= 4 is 40.4 Å². The summed E-state index contributed by atoms with van der Waals surface area (Å²) in [5, 5.41) is 14.0. The molecule has 0 unspecified atom stereocenters. The maximum Gasteiger partial charge on any atom is 0.271 e. The molecule has 0 aliphatic carbocycles. The number of rotatable bonds is 6. The number of nitrogens with zero attached hydrogens (tertiary/aromatic N) is 2. The quantitative estimate of drug-likeness (QED) is 0.376. The van der Waals surface area contributed by atoms with Gasteiger partial charge in [0.1, 0.15) is 0 Å². The Morgan fingerprint density at radius 2 is 2.00 bits per heavy atom. The minimum absolute atomic E-state index is 0.108. The van der Waals surface area contributed by atoms with Gasteiger partial charge in [0.25, 0.3) is 5.91 Å². The average molecular weight is 479 g/mol. The SMILES string of the molecule is CCOc1cc(/C=N\NC(=O)c2ccc(N3CCCC3)cc2)cc(I)c1O. The van der Waals surface area contributed by atoms with Crippen LogP contribution in [-0.4, -0.2) is 36.9 Å². The molecule has 142 valence electrons. The van der Waals surface area contributed by atoms with E-state index in [-0.39, 0.29) is 11.7 Å². The molecule has 1 aliphatic heterocycles. The van der Waals surface area contributed by atoms with E-state index in [1.165, 1.54) is 19.1 Å². The van der Waals surface area contributed by atoms with E-state index in [1.807, 2.05) is 53.8 Å². The third-order valence-corrected chi connectivity index (χ3v) is 5.15. The molecule has 1 fully saturated rings. The summed E-state index contributed by atoms with van der Waals surface area (Å²) in [5.41, 5.74) is 4.97. The fraction of sp³-hybridized carbons (Fsp3) is 0.300. The van der Waals surface area contributed by atoms with Gasteiger partial charge in [0.15, 0.2) is 11.5 Å². The summed E-state index contributed by atoms with van der Waals surface area (Å²) < 4.78 is 6.06. The van der Waals surface area contributed by atoms with Gasteiger partial charge in [-0.05, 0) is 84.3 Å². The number of hydrazone groups is 1. The summed E-state index contributed by atoms with van der Waals surface area (Å²) in [6.45, 7) is 4.45. The lowest BCUT2D eigenvalue weighted by Crippen LogP contribution is -2.19. The third-order valence-electron chi connectivity index (χ3n) is 4.33. The van der Waals surface area contributed by atoms with Crippen molar-refractivity contribution in [3.05, 3.63) is 51.1 Å². The Labute approximate surface area is 172 Å². The number of carbonyl (C=O) groups is 1. The van der Waals surface area contributed by atoms with Gasteiger partial charge in [0.05, 0.1) is 16.4 Å². The predicted octanol–water partition coefficient (Wildman–Crippen LogP) is 3.76. The Hall–Kier alpha value is -2.29. The predicted molar refractivity (Wildman–Crippen MR) is 115 cm³/mol. The molecular formula is C20H22IN3O3. The summed E-state index contributed by atoms with van der Waals surface area (Å²) in [6.07, 6.45) is 3.97. The number of benzene rings is 2. The minimum atomic E-state index is -0.266. The number of amides is 1. The van der Waals surface area contributed by atoms with Gasteiger partial charge in [0, 0.05) is 24.3 Å². The highest BCUT2D eigenvalue weighted by molar-refractivity contribution is 14.1.